The summed E-state index contributed by atoms with van der Waals surface area (Å²) in [5.41, 5.74) is 0.936. The molecule has 2 aromatic rings. The van der Waals surface area contributed by atoms with Crippen LogP contribution in [-0.4, -0.2) is 27.0 Å². The van der Waals surface area contributed by atoms with Crippen molar-refractivity contribution in [3.05, 3.63) is 12.4 Å². The van der Waals surface area contributed by atoms with Crippen LogP contribution >= 0.6 is 0 Å². The highest BCUT2D eigenvalue weighted by Gasteiger charge is 2.06. The number of fused-ring (bicyclic) bond motifs is 1. The smallest absolute Gasteiger partial charge is 0.312 e. The van der Waals surface area contributed by atoms with Crippen LogP contribution < -0.4 is 5.32 Å². The first kappa shape index (κ1) is 6.96. The van der Waals surface area contributed by atoms with E-state index in [1.54, 1.807) is 7.05 Å². The van der Waals surface area contributed by atoms with Crippen LogP contribution in [0.3, 0.4) is 0 Å². The minimum atomic E-state index is -0.779. The Morgan fingerprint density at radius 3 is 3.08 bits per heavy atom. The number of nitrogens with one attached hydrogen (secondary N) is 2. The molecule has 12 heavy (non-hydrogen) atoms. The van der Waals surface area contributed by atoms with E-state index in [0.29, 0.717) is 17.0 Å². The molecule has 2 aromatic heterocycles. The van der Waals surface area contributed by atoms with Gasteiger partial charge >= 0.3 is 6.08 Å². The van der Waals surface area contributed by atoms with E-state index < -0.39 is 6.08 Å². The van der Waals surface area contributed by atoms with Crippen LogP contribution in [0.5, 0.6) is 0 Å². The molecule has 0 aliphatic carbocycles. The molecule has 0 saturated heterocycles. The molecule has 0 bridgehead atoms. The van der Waals surface area contributed by atoms with Crippen molar-refractivity contribution in [2.24, 2.45) is 0 Å². The second-order valence-electron chi connectivity index (χ2n) is 2.19. The number of H-pyrrole nitrogens is 1. The minimum Gasteiger partial charge on any atom is -0.371 e. The lowest BCUT2D eigenvalue weighted by Gasteiger charge is -1.98. The molecule has 2 heterocycles. The third-order valence-corrected chi connectivity index (χ3v) is 1.50. The van der Waals surface area contributed by atoms with Crippen LogP contribution in [-0.2, 0) is 0 Å². The van der Waals surface area contributed by atoms with Crippen LogP contribution in [0.25, 0.3) is 11.2 Å². The van der Waals surface area contributed by atoms with Crippen molar-refractivity contribution < 1.29 is 4.39 Å². The summed E-state index contributed by atoms with van der Waals surface area (Å²) in [6.45, 7) is 0. The third kappa shape index (κ3) is 0.884. The summed E-state index contributed by atoms with van der Waals surface area (Å²) in [4.78, 5) is 13.6. The minimum absolute atomic E-state index is 0.326. The molecule has 6 heteroatoms. The van der Waals surface area contributed by atoms with Crippen molar-refractivity contribution >= 4 is 17.0 Å². The Bertz CT molecular complexity index is 409. The van der Waals surface area contributed by atoms with E-state index in [4.69, 9.17) is 0 Å². The van der Waals surface area contributed by atoms with Crippen LogP contribution in [0.2, 0.25) is 0 Å². The Morgan fingerprint density at radius 2 is 2.33 bits per heavy atom. The average Bonchev–Trinajstić information content (AvgIpc) is 2.50. The third-order valence-electron chi connectivity index (χ3n) is 1.50. The summed E-state index contributed by atoms with van der Waals surface area (Å²) < 4.78 is 12.6. The van der Waals surface area contributed by atoms with Crippen molar-refractivity contribution in [2.45, 2.75) is 0 Å². The molecule has 0 radical (unpaired) electrons. The number of aromatic nitrogens is 4. The fourth-order valence-electron chi connectivity index (χ4n) is 0.988. The highest BCUT2D eigenvalue weighted by Crippen LogP contribution is 2.14. The van der Waals surface area contributed by atoms with Gasteiger partial charge in [-0.3, -0.25) is 0 Å². The first-order chi connectivity index (χ1) is 5.81. The predicted molar refractivity (Wildman–Crippen MR) is 41.2 cm³/mol. The first-order valence-corrected chi connectivity index (χ1v) is 3.35. The number of aromatic amines is 1. The fraction of sp³-hybridized carbons (Fsp3) is 0.167. The Hall–Kier alpha value is -1.72. The molecule has 62 valence electrons. The maximum atomic E-state index is 12.6. The number of hydrogen-bond donors (Lipinski definition) is 2. The maximum absolute atomic E-state index is 12.6. The van der Waals surface area contributed by atoms with Gasteiger partial charge in [0.2, 0.25) is 0 Å². The predicted octanol–water partition coefficient (Wildman–Crippen LogP) is 0.534. The van der Waals surface area contributed by atoms with Gasteiger partial charge in [0.1, 0.15) is 5.52 Å². The highest BCUT2D eigenvalue weighted by molar-refractivity contribution is 5.81. The van der Waals surface area contributed by atoms with Crippen LogP contribution in [0.15, 0.2) is 6.33 Å². The van der Waals surface area contributed by atoms with E-state index in [2.05, 4.69) is 25.3 Å². The lowest BCUT2D eigenvalue weighted by Crippen LogP contribution is -1.98. The van der Waals surface area contributed by atoms with Gasteiger partial charge in [-0.25, -0.2) is 4.98 Å². The molecule has 0 atom stereocenters. The Labute approximate surface area is 67.1 Å². The Balaban J connectivity index is 2.80. The molecule has 0 aliphatic rings. The lowest BCUT2D eigenvalue weighted by atomic mass is 10.5. The second kappa shape index (κ2) is 2.40. The van der Waals surface area contributed by atoms with Gasteiger partial charge < -0.3 is 10.3 Å². The van der Waals surface area contributed by atoms with E-state index >= 15 is 0 Å². The van der Waals surface area contributed by atoms with E-state index in [-0.39, 0.29) is 0 Å². The number of nitrogens with zero attached hydrogens (tertiary/aromatic N) is 3. The molecule has 0 amide bonds. The molecule has 0 spiro atoms. The van der Waals surface area contributed by atoms with Gasteiger partial charge in [0.15, 0.2) is 11.5 Å². The van der Waals surface area contributed by atoms with Crippen LogP contribution in [0.4, 0.5) is 10.2 Å². The Morgan fingerprint density at radius 1 is 1.50 bits per heavy atom. The molecule has 0 saturated carbocycles. The zero-order chi connectivity index (χ0) is 8.55. The molecule has 0 fully saturated rings. The Kier molecular flexibility index (Phi) is 1.39. The van der Waals surface area contributed by atoms with Gasteiger partial charge in [0.25, 0.3) is 0 Å². The number of rotatable bonds is 1. The quantitative estimate of drug-likeness (QED) is 0.608. The van der Waals surface area contributed by atoms with Gasteiger partial charge in [-0.1, -0.05) is 0 Å². The zero-order valence-corrected chi connectivity index (χ0v) is 6.30. The molecular formula is C6H6FN5. The molecule has 0 unspecified atom stereocenters. The summed E-state index contributed by atoms with van der Waals surface area (Å²) >= 11 is 0. The van der Waals surface area contributed by atoms with E-state index in [9.17, 15) is 4.39 Å². The summed E-state index contributed by atoms with van der Waals surface area (Å²) in [5, 5.41) is 2.73. The normalized spacial score (nSPS) is 10.5. The fourth-order valence-corrected chi connectivity index (χ4v) is 0.988. The number of imidazole rings is 1. The first-order valence-electron chi connectivity index (χ1n) is 3.35. The number of anilines is 1. The molecule has 0 aliphatic heterocycles. The van der Waals surface area contributed by atoms with Gasteiger partial charge in [0.05, 0.1) is 6.33 Å². The molecular weight excluding hydrogens is 161 g/mol. The van der Waals surface area contributed by atoms with E-state index in [1.165, 1.54) is 6.33 Å². The van der Waals surface area contributed by atoms with Crippen LogP contribution in [0, 0.1) is 6.08 Å². The molecule has 0 aromatic carbocycles. The monoisotopic (exact) mass is 167 g/mol. The van der Waals surface area contributed by atoms with Gasteiger partial charge in [-0.2, -0.15) is 14.4 Å². The largest absolute Gasteiger partial charge is 0.371 e. The number of hydrogen-bond acceptors (Lipinski definition) is 4. The van der Waals surface area contributed by atoms with Gasteiger partial charge in [-0.15, -0.1) is 0 Å². The summed E-state index contributed by atoms with van der Waals surface area (Å²) in [5.74, 6) is 0.412. The van der Waals surface area contributed by atoms with Crippen molar-refractivity contribution in [3.8, 4) is 0 Å². The highest BCUT2D eigenvalue weighted by atomic mass is 19.1. The molecule has 2 rings (SSSR count). The summed E-state index contributed by atoms with van der Waals surface area (Å²) in [6.07, 6.45) is 0.665. The van der Waals surface area contributed by atoms with Crippen molar-refractivity contribution in [2.75, 3.05) is 12.4 Å². The average molecular weight is 167 g/mol. The molecule has 2 N–H and O–H groups in total. The summed E-state index contributed by atoms with van der Waals surface area (Å²) in [7, 11) is 1.65. The SMILES string of the molecule is CNc1nc(F)nc2nc[nH]c12. The van der Waals surface area contributed by atoms with Crippen molar-refractivity contribution in [1.29, 1.82) is 0 Å². The lowest BCUT2D eigenvalue weighted by molar-refractivity contribution is 0.545. The van der Waals surface area contributed by atoms with E-state index in [1.807, 2.05) is 0 Å². The standard InChI is InChI=1S/C6H6FN5/c1-8-4-3-5(10-2-9-3)12-6(7)11-4/h2H,1H3,(H2,8,9,10,11,12). The maximum Gasteiger partial charge on any atom is 0.312 e. The summed E-state index contributed by atoms with van der Waals surface area (Å²) in [6, 6.07) is 0. The van der Waals surface area contributed by atoms with Crippen LogP contribution in [0.1, 0.15) is 0 Å². The van der Waals surface area contributed by atoms with Crippen molar-refractivity contribution in [1.82, 2.24) is 19.9 Å². The van der Waals surface area contributed by atoms with Crippen molar-refractivity contribution in [3.63, 3.8) is 0 Å². The zero-order valence-electron chi connectivity index (χ0n) is 6.30. The van der Waals surface area contributed by atoms with Gasteiger partial charge in [-0.05, 0) is 0 Å². The van der Waals surface area contributed by atoms with E-state index in [0.717, 1.165) is 0 Å². The van der Waals surface area contributed by atoms with Gasteiger partial charge in [0, 0.05) is 7.05 Å². The topological polar surface area (TPSA) is 66.5 Å². The second-order valence-corrected chi connectivity index (χ2v) is 2.19. The number of halogens is 1. The molecule has 5 nitrogen and oxygen atoms in total.